The fourth-order valence-electron chi connectivity index (χ4n) is 2.96. The summed E-state index contributed by atoms with van der Waals surface area (Å²) in [5, 5.41) is 21.8. The lowest BCUT2D eigenvalue weighted by atomic mass is 10.1. The maximum absolute atomic E-state index is 12.2. The van der Waals surface area contributed by atoms with E-state index in [1.165, 1.54) is 0 Å². The summed E-state index contributed by atoms with van der Waals surface area (Å²) in [6.45, 7) is 4.84. The first-order valence-electron chi connectivity index (χ1n) is 8.13. The number of aliphatic hydroxyl groups excluding tert-OH is 2. The molecule has 8 heteroatoms. The molecule has 8 nitrogen and oxygen atoms in total. The average Bonchev–Trinajstić information content (AvgIpc) is 3.02. The number of benzene rings is 1. The summed E-state index contributed by atoms with van der Waals surface area (Å²) in [5.41, 5.74) is 1.64. The highest BCUT2D eigenvalue weighted by atomic mass is 16.8. The average molecular weight is 353 g/mol. The van der Waals surface area contributed by atoms with Gasteiger partial charge in [-0.05, 0) is 32.9 Å². The van der Waals surface area contributed by atoms with Crippen molar-refractivity contribution in [2.24, 2.45) is 0 Å². The molecule has 2 aliphatic heterocycles. The Morgan fingerprint density at radius 3 is 2.64 bits per heavy atom. The lowest BCUT2D eigenvalue weighted by molar-refractivity contribution is -0.227. The minimum atomic E-state index is -1.22. The zero-order valence-electron chi connectivity index (χ0n) is 14.3. The number of fused-ring (bicyclic) bond motifs is 1. The third-order valence-electron chi connectivity index (χ3n) is 4.13. The van der Waals surface area contributed by atoms with E-state index in [0.29, 0.717) is 5.69 Å². The second-order valence-electron chi connectivity index (χ2n) is 6.68. The minimum absolute atomic E-state index is 0.535. The second-order valence-corrected chi connectivity index (χ2v) is 6.68. The van der Waals surface area contributed by atoms with Gasteiger partial charge in [0.25, 0.3) is 0 Å². The zero-order chi connectivity index (χ0) is 18.2. The Morgan fingerprint density at radius 2 is 2.00 bits per heavy atom. The predicted octanol–water partition coefficient (Wildman–Crippen LogP) is 1.14. The van der Waals surface area contributed by atoms with E-state index >= 15 is 0 Å². The van der Waals surface area contributed by atoms with Gasteiger partial charge in [0.15, 0.2) is 24.3 Å². The van der Waals surface area contributed by atoms with Crippen LogP contribution >= 0.6 is 0 Å². The number of hydrogen-bond donors (Lipinski definition) is 3. The van der Waals surface area contributed by atoms with Crippen molar-refractivity contribution in [3.05, 3.63) is 29.8 Å². The highest BCUT2D eigenvalue weighted by molar-refractivity contribution is 5.84. The smallest absolute Gasteiger partial charge is 0.412 e. The molecule has 0 saturated carbocycles. The number of anilines is 1. The van der Waals surface area contributed by atoms with Crippen LogP contribution in [0.3, 0.4) is 0 Å². The summed E-state index contributed by atoms with van der Waals surface area (Å²) in [4.78, 5) is 12.2. The van der Waals surface area contributed by atoms with Crippen LogP contribution in [-0.2, 0) is 18.9 Å². The Balaban J connectivity index is 1.70. The number of rotatable bonds is 4. The Hall–Kier alpha value is -1.71. The van der Waals surface area contributed by atoms with Crippen LogP contribution in [0.2, 0.25) is 0 Å². The van der Waals surface area contributed by atoms with Crippen molar-refractivity contribution in [1.29, 1.82) is 0 Å². The first-order valence-corrected chi connectivity index (χ1v) is 8.13. The normalized spacial score (nSPS) is 31.4. The molecule has 25 heavy (non-hydrogen) atoms. The predicted molar refractivity (Wildman–Crippen MR) is 86.9 cm³/mol. The van der Waals surface area contributed by atoms with E-state index in [-0.39, 0.29) is 0 Å². The van der Waals surface area contributed by atoms with E-state index in [2.05, 4.69) is 5.32 Å². The van der Waals surface area contributed by atoms with Crippen LogP contribution in [0.4, 0.5) is 10.5 Å². The number of hydrogen-bond acceptors (Lipinski definition) is 7. The van der Waals surface area contributed by atoms with Gasteiger partial charge >= 0.3 is 6.09 Å². The summed E-state index contributed by atoms with van der Waals surface area (Å²) >= 11 is 0. The topological polar surface area (TPSA) is 106 Å². The molecule has 2 aliphatic rings. The van der Waals surface area contributed by atoms with Gasteiger partial charge in [0, 0.05) is 5.69 Å². The van der Waals surface area contributed by atoms with Gasteiger partial charge in [0.2, 0.25) is 0 Å². The molecule has 0 unspecified atom stereocenters. The molecule has 5 atom stereocenters. The van der Waals surface area contributed by atoms with Crippen LogP contribution in [-0.4, -0.2) is 59.4 Å². The Labute approximate surface area is 145 Å². The van der Waals surface area contributed by atoms with Crippen molar-refractivity contribution >= 4 is 11.8 Å². The van der Waals surface area contributed by atoms with Crippen molar-refractivity contribution in [3.63, 3.8) is 0 Å². The SMILES string of the molecule is Cc1ccc(NC(=O)O[C@@H]2[C@H]3OC(C)(C)O[C@H]3O[C@@H]2[C@H](O)CO)cc1. The van der Waals surface area contributed by atoms with Gasteiger partial charge in [-0.3, -0.25) is 5.32 Å². The Morgan fingerprint density at radius 1 is 1.32 bits per heavy atom. The summed E-state index contributed by atoms with van der Waals surface area (Å²) < 4.78 is 22.4. The number of ether oxygens (including phenoxy) is 4. The van der Waals surface area contributed by atoms with Crippen LogP contribution in [0.25, 0.3) is 0 Å². The highest BCUT2D eigenvalue weighted by Crippen LogP contribution is 2.39. The van der Waals surface area contributed by atoms with E-state index in [1.807, 2.05) is 19.1 Å². The van der Waals surface area contributed by atoms with Crippen LogP contribution < -0.4 is 5.32 Å². The molecule has 2 fully saturated rings. The van der Waals surface area contributed by atoms with E-state index < -0.39 is 49.2 Å². The van der Waals surface area contributed by atoms with Gasteiger partial charge in [-0.1, -0.05) is 17.7 Å². The molecule has 0 aromatic heterocycles. The standard InChI is InChI=1S/C17H23NO7/c1-9-4-6-10(7-5-9)18-16(21)23-13-12(11(20)8-19)22-15-14(13)24-17(2,3)25-15/h4-7,11-15,19-20H,8H2,1-3H3,(H,18,21)/t11-,12-,13+,14-,15-/m1/s1. The second kappa shape index (κ2) is 6.89. The maximum atomic E-state index is 12.2. The molecule has 0 aliphatic carbocycles. The first kappa shape index (κ1) is 18.1. The number of carbonyl (C=O) groups is 1. The van der Waals surface area contributed by atoms with Gasteiger partial charge in [0.05, 0.1) is 6.61 Å². The molecule has 1 aromatic carbocycles. The van der Waals surface area contributed by atoms with Crippen LogP contribution in [0.5, 0.6) is 0 Å². The van der Waals surface area contributed by atoms with Crippen molar-refractivity contribution < 1.29 is 34.0 Å². The zero-order valence-corrected chi connectivity index (χ0v) is 14.3. The summed E-state index contributed by atoms with van der Waals surface area (Å²) in [5.74, 6) is -0.889. The van der Waals surface area contributed by atoms with Crippen LogP contribution in [0, 0.1) is 6.92 Å². The third-order valence-corrected chi connectivity index (χ3v) is 4.13. The maximum Gasteiger partial charge on any atom is 0.412 e. The summed E-state index contributed by atoms with van der Waals surface area (Å²) in [7, 11) is 0. The molecular weight excluding hydrogens is 330 g/mol. The number of amides is 1. The molecule has 3 rings (SSSR count). The molecule has 2 heterocycles. The molecule has 0 bridgehead atoms. The van der Waals surface area contributed by atoms with Crippen LogP contribution in [0.15, 0.2) is 24.3 Å². The van der Waals surface area contributed by atoms with Crippen molar-refractivity contribution in [3.8, 4) is 0 Å². The van der Waals surface area contributed by atoms with Gasteiger partial charge in [-0.15, -0.1) is 0 Å². The monoisotopic (exact) mass is 353 g/mol. The Kier molecular flexibility index (Phi) is 4.99. The molecule has 1 aromatic rings. The lowest BCUT2D eigenvalue weighted by Crippen LogP contribution is -2.45. The van der Waals surface area contributed by atoms with Gasteiger partial charge in [-0.25, -0.2) is 4.79 Å². The Bertz CT molecular complexity index is 618. The molecular formula is C17H23NO7. The molecule has 2 saturated heterocycles. The summed E-state index contributed by atoms with van der Waals surface area (Å²) in [6, 6.07) is 7.23. The van der Waals surface area contributed by atoms with Crippen molar-refractivity contribution in [2.45, 2.75) is 57.3 Å². The third kappa shape index (κ3) is 3.94. The molecule has 138 valence electrons. The fourth-order valence-corrected chi connectivity index (χ4v) is 2.96. The minimum Gasteiger partial charge on any atom is -0.440 e. The highest BCUT2D eigenvalue weighted by Gasteiger charge is 2.58. The quantitative estimate of drug-likeness (QED) is 0.745. The van der Waals surface area contributed by atoms with Gasteiger partial charge in [-0.2, -0.15) is 0 Å². The number of aryl methyl sites for hydroxylation is 1. The molecule has 1 amide bonds. The van der Waals surface area contributed by atoms with Crippen molar-refractivity contribution in [2.75, 3.05) is 11.9 Å². The van der Waals surface area contributed by atoms with Gasteiger partial charge < -0.3 is 29.2 Å². The largest absolute Gasteiger partial charge is 0.440 e. The van der Waals surface area contributed by atoms with E-state index in [9.17, 15) is 15.0 Å². The summed E-state index contributed by atoms with van der Waals surface area (Å²) in [6.07, 6.45) is -5.26. The lowest BCUT2D eigenvalue weighted by Gasteiger charge is -2.27. The van der Waals surface area contributed by atoms with E-state index in [0.717, 1.165) is 5.56 Å². The molecule has 0 spiro atoms. The van der Waals surface area contributed by atoms with Crippen molar-refractivity contribution in [1.82, 2.24) is 0 Å². The van der Waals surface area contributed by atoms with Gasteiger partial charge in [0.1, 0.15) is 12.2 Å². The first-order chi connectivity index (χ1) is 11.8. The molecule has 0 radical (unpaired) electrons. The number of aliphatic hydroxyl groups is 2. The van der Waals surface area contributed by atoms with E-state index in [4.69, 9.17) is 18.9 Å². The number of carbonyl (C=O) groups excluding carboxylic acids is 1. The van der Waals surface area contributed by atoms with E-state index in [1.54, 1.807) is 26.0 Å². The number of nitrogens with one attached hydrogen (secondary N) is 1. The van der Waals surface area contributed by atoms with Crippen LogP contribution in [0.1, 0.15) is 19.4 Å². The fraction of sp³-hybridized carbons (Fsp3) is 0.588. The molecule has 3 N–H and O–H groups in total.